The number of hydrogen-bond acceptors (Lipinski definition) is 4. The van der Waals surface area contributed by atoms with Crippen LogP contribution in [0.3, 0.4) is 0 Å². The molecule has 0 aliphatic carbocycles. The topological polar surface area (TPSA) is 64.3 Å². The van der Waals surface area contributed by atoms with Crippen molar-refractivity contribution < 1.29 is 9.53 Å². The number of anilines is 2. The van der Waals surface area contributed by atoms with E-state index in [0.717, 1.165) is 0 Å². The second-order valence-corrected chi connectivity index (χ2v) is 4.56. The highest BCUT2D eigenvalue weighted by atomic mass is 35.5. The van der Waals surface area contributed by atoms with E-state index >= 15 is 0 Å². The molecule has 17 heavy (non-hydrogen) atoms. The van der Waals surface area contributed by atoms with Gasteiger partial charge in [-0.2, -0.15) is 0 Å². The summed E-state index contributed by atoms with van der Waals surface area (Å²) in [6, 6.07) is 4.67. The van der Waals surface area contributed by atoms with Gasteiger partial charge in [-0.3, -0.25) is 0 Å². The van der Waals surface area contributed by atoms with Gasteiger partial charge < -0.3 is 15.8 Å². The number of halogens is 1. The van der Waals surface area contributed by atoms with Crippen molar-refractivity contribution >= 4 is 28.9 Å². The molecule has 4 nitrogen and oxygen atoms in total. The summed E-state index contributed by atoms with van der Waals surface area (Å²) < 4.78 is 4.74. The number of esters is 1. The number of benzene rings is 1. The van der Waals surface area contributed by atoms with Gasteiger partial charge in [0, 0.05) is 5.02 Å². The first kappa shape index (κ1) is 13.6. The third-order valence-electron chi connectivity index (χ3n) is 2.45. The molecule has 0 heterocycles. The van der Waals surface area contributed by atoms with Crippen LogP contribution in [0.2, 0.25) is 5.02 Å². The smallest absolute Gasteiger partial charge is 0.328 e. The Balaban J connectivity index is 2.90. The summed E-state index contributed by atoms with van der Waals surface area (Å²) in [5.74, 6) is -0.216. The third-order valence-corrected chi connectivity index (χ3v) is 2.68. The minimum absolute atomic E-state index is 0.0949. The Morgan fingerprint density at radius 3 is 2.59 bits per heavy atom. The Hall–Kier alpha value is -1.42. The van der Waals surface area contributed by atoms with Gasteiger partial charge in [-0.05, 0) is 24.1 Å². The molecule has 1 aromatic carbocycles. The molecule has 1 unspecified atom stereocenters. The zero-order valence-electron chi connectivity index (χ0n) is 10.2. The molecule has 0 amide bonds. The predicted molar refractivity (Wildman–Crippen MR) is 70.1 cm³/mol. The molecular formula is C12H17ClN2O2. The number of hydrogen-bond donors (Lipinski definition) is 2. The van der Waals surface area contributed by atoms with Crippen molar-refractivity contribution in [2.24, 2.45) is 5.92 Å². The SMILES string of the molecule is COC(=O)C(Nc1ccc(Cl)cc1N)C(C)C. The number of carbonyl (C=O) groups excluding carboxylic acids is 1. The zero-order chi connectivity index (χ0) is 13.0. The van der Waals surface area contributed by atoms with Crippen LogP contribution in [0.5, 0.6) is 0 Å². The summed E-state index contributed by atoms with van der Waals surface area (Å²) in [6.07, 6.45) is 0. The summed E-state index contributed by atoms with van der Waals surface area (Å²) in [7, 11) is 1.37. The first-order chi connectivity index (χ1) is 7.95. The maximum atomic E-state index is 11.6. The van der Waals surface area contributed by atoms with Crippen LogP contribution in [0, 0.1) is 5.92 Å². The van der Waals surface area contributed by atoms with Gasteiger partial charge in [0.25, 0.3) is 0 Å². The molecule has 0 fully saturated rings. The Labute approximate surface area is 106 Å². The molecule has 0 spiro atoms. The van der Waals surface area contributed by atoms with E-state index < -0.39 is 6.04 Å². The normalized spacial score (nSPS) is 12.3. The van der Waals surface area contributed by atoms with Crippen molar-refractivity contribution in [3.05, 3.63) is 23.2 Å². The zero-order valence-corrected chi connectivity index (χ0v) is 10.9. The van der Waals surface area contributed by atoms with E-state index in [4.69, 9.17) is 22.1 Å². The summed E-state index contributed by atoms with van der Waals surface area (Å²) >= 11 is 5.81. The van der Waals surface area contributed by atoms with Crippen molar-refractivity contribution in [3.8, 4) is 0 Å². The molecule has 0 aliphatic rings. The van der Waals surface area contributed by atoms with Gasteiger partial charge in [-0.15, -0.1) is 0 Å². The molecule has 0 radical (unpaired) electrons. The fourth-order valence-electron chi connectivity index (χ4n) is 1.46. The van der Waals surface area contributed by atoms with E-state index in [-0.39, 0.29) is 11.9 Å². The number of rotatable bonds is 4. The van der Waals surface area contributed by atoms with Crippen molar-refractivity contribution in [2.75, 3.05) is 18.2 Å². The highest BCUT2D eigenvalue weighted by Gasteiger charge is 2.23. The van der Waals surface area contributed by atoms with Crippen LogP contribution in [0.15, 0.2) is 18.2 Å². The average Bonchev–Trinajstić information content (AvgIpc) is 2.26. The first-order valence-electron chi connectivity index (χ1n) is 5.35. The largest absolute Gasteiger partial charge is 0.467 e. The average molecular weight is 257 g/mol. The second-order valence-electron chi connectivity index (χ2n) is 4.12. The molecule has 0 saturated carbocycles. The van der Waals surface area contributed by atoms with Crippen LogP contribution in [0.1, 0.15) is 13.8 Å². The van der Waals surface area contributed by atoms with Crippen LogP contribution in [-0.2, 0) is 9.53 Å². The number of nitrogens with one attached hydrogen (secondary N) is 1. The minimum atomic E-state index is -0.427. The molecule has 5 heteroatoms. The van der Waals surface area contributed by atoms with E-state index in [1.165, 1.54) is 7.11 Å². The lowest BCUT2D eigenvalue weighted by Gasteiger charge is -2.21. The Kier molecular flexibility index (Phi) is 4.63. The molecule has 1 aromatic rings. The standard InChI is InChI=1S/C12H17ClN2O2/c1-7(2)11(12(16)17-3)15-10-5-4-8(13)6-9(10)14/h4-7,11,15H,14H2,1-3H3. The van der Waals surface area contributed by atoms with Crippen molar-refractivity contribution in [1.82, 2.24) is 0 Å². The minimum Gasteiger partial charge on any atom is -0.467 e. The summed E-state index contributed by atoms with van der Waals surface area (Å²) in [4.78, 5) is 11.6. The molecule has 1 atom stereocenters. The Morgan fingerprint density at radius 1 is 1.47 bits per heavy atom. The Bertz CT molecular complexity index is 407. The molecule has 0 saturated heterocycles. The molecule has 0 bridgehead atoms. The van der Waals surface area contributed by atoms with Crippen molar-refractivity contribution in [3.63, 3.8) is 0 Å². The lowest BCUT2D eigenvalue weighted by Crippen LogP contribution is -2.35. The molecule has 3 N–H and O–H groups in total. The Morgan fingerprint density at radius 2 is 2.12 bits per heavy atom. The van der Waals surface area contributed by atoms with E-state index in [0.29, 0.717) is 16.4 Å². The van der Waals surface area contributed by atoms with Gasteiger partial charge in [0.15, 0.2) is 0 Å². The van der Waals surface area contributed by atoms with Gasteiger partial charge >= 0.3 is 5.97 Å². The molecule has 94 valence electrons. The van der Waals surface area contributed by atoms with Crippen LogP contribution in [0.4, 0.5) is 11.4 Å². The van der Waals surface area contributed by atoms with E-state index in [1.54, 1.807) is 18.2 Å². The van der Waals surface area contributed by atoms with Crippen LogP contribution in [-0.4, -0.2) is 19.1 Å². The lowest BCUT2D eigenvalue weighted by atomic mass is 10.0. The van der Waals surface area contributed by atoms with Crippen molar-refractivity contribution in [2.45, 2.75) is 19.9 Å². The van der Waals surface area contributed by atoms with Gasteiger partial charge in [-0.25, -0.2) is 4.79 Å². The van der Waals surface area contributed by atoms with Crippen LogP contribution >= 0.6 is 11.6 Å². The molecule has 0 aliphatic heterocycles. The van der Waals surface area contributed by atoms with E-state index in [1.807, 2.05) is 13.8 Å². The quantitative estimate of drug-likeness (QED) is 0.642. The van der Waals surface area contributed by atoms with Crippen molar-refractivity contribution in [1.29, 1.82) is 0 Å². The number of nitrogen functional groups attached to an aromatic ring is 1. The van der Waals surface area contributed by atoms with E-state index in [2.05, 4.69) is 5.32 Å². The summed E-state index contributed by atoms with van der Waals surface area (Å²) in [5.41, 5.74) is 7.00. The third kappa shape index (κ3) is 3.53. The molecular weight excluding hydrogens is 240 g/mol. The number of carbonyl (C=O) groups is 1. The maximum Gasteiger partial charge on any atom is 0.328 e. The molecule has 1 rings (SSSR count). The van der Waals surface area contributed by atoms with Gasteiger partial charge in [0.2, 0.25) is 0 Å². The van der Waals surface area contributed by atoms with Crippen LogP contribution in [0.25, 0.3) is 0 Å². The van der Waals surface area contributed by atoms with Gasteiger partial charge in [-0.1, -0.05) is 25.4 Å². The molecule has 0 aromatic heterocycles. The first-order valence-corrected chi connectivity index (χ1v) is 5.73. The fraction of sp³-hybridized carbons (Fsp3) is 0.417. The number of nitrogens with two attached hydrogens (primary N) is 1. The predicted octanol–water partition coefficient (Wildman–Crippen LogP) is 2.53. The highest BCUT2D eigenvalue weighted by Crippen LogP contribution is 2.24. The second kappa shape index (κ2) is 5.77. The number of ether oxygens (including phenoxy) is 1. The van der Waals surface area contributed by atoms with E-state index in [9.17, 15) is 4.79 Å². The fourth-order valence-corrected chi connectivity index (χ4v) is 1.64. The lowest BCUT2D eigenvalue weighted by molar-refractivity contribution is -0.142. The highest BCUT2D eigenvalue weighted by molar-refractivity contribution is 6.31. The summed E-state index contributed by atoms with van der Waals surface area (Å²) in [5, 5.41) is 3.63. The number of methoxy groups -OCH3 is 1. The monoisotopic (exact) mass is 256 g/mol. The van der Waals surface area contributed by atoms with Gasteiger partial charge in [0.1, 0.15) is 6.04 Å². The van der Waals surface area contributed by atoms with Gasteiger partial charge in [0.05, 0.1) is 18.5 Å². The van der Waals surface area contributed by atoms with Crippen LogP contribution < -0.4 is 11.1 Å². The maximum absolute atomic E-state index is 11.6. The summed E-state index contributed by atoms with van der Waals surface area (Å²) in [6.45, 7) is 3.86.